The van der Waals surface area contributed by atoms with Gasteiger partial charge >= 0.3 is 5.97 Å². The lowest BCUT2D eigenvalue weighted by Gasteiger charge is -2.11. The molecular weight excluding hydrogens is 372 g/mol. The van der Waals surface area contributed by atoms with Gasteiger partial charge in [0.25, 0.3) is 5.91 Å². The number of carboxylic acid groups (broad SMARTS) is 1. The Balaban J connectivity index is 1.58. The molecule has 0 saturated heterocycles. The van der Waals surface area contributed by atoms with Gasteiger partial charge in [-0.05, 0) is 42.7 Å². The van der Waals surface area contributed by atoms with Gasteiger partial charge in [-0.25, -0.2) is 4.79 Å². The van der Waals surface area contributed by atoms with Crippen LogP contribution in [0.2, 0.25) is 0 Å². The minimum atomic E-state index is -1.10. The fraction of sp³-hybridized carbons (Fsp3) is 0.318. The summed E-state index contributed by atoms with van der Waals surface area (Å²) in [4.78, 5) is 35.7. The summed E-state index contributed by atoms with van der Waals surface area (Å²) < 4.78 is 5.07. The highest BCUT2D eigenvalue weighted by molar-refractivity contribution is 6.04. The Labute approximate surface area is 169 Å². The lowest BCUT2D eigenvalue weighted by atomic mass is 10.1. The van der Waals surface area contributed by atoms with Crippen molar-refractivity contribution in [3.05, 3.63) is 59.2 Å². The van der Waals surface area contributed by atoms with Crippen LogP contribution >= 0.6 is 0 Å². The molecule has 1 fully saturated rings. The van der Waals surface area contributed by atoms with Crippen molar-refractivity contribution in [2.45, 2.75) is 32.2 Å². The van der Waals surface area contributed by atoms with E-state index >= 15 is 0 Å². The summed E-state index contributed by atoms with van der Waals surface area (Å²) in [5, 5.41) is 14.8. The van der Waals surface area contributed by atoms with Gasteiger partial charge in [-0.1, -0.05) is 25.0 Å². The molecule has 0 unspecified atom stereocenters. The van der Waals surface area contributed by atoms with E-state index in [0.717, 1.165) is 31.2 Å². The summed E-state index contributed by atoms with van der Waals surface area (Å²) in [7, 11) is 1.37. The van der Waals surface area contributed by atoms with Gasteiger partial charge in [-0.2, -0.15) is 0 Å². The number of benzene rings is 2. The maximum absolute atomic E-state index is 12.4. The quantitative estimate of drug-likeness (QED) is 0.665. The van der Waals surface area contributed by atoms with E-state index in [1.165, 1.54) is 25.3 Å². The molecule has 1 aliphatic rings. The first-order valence-electron chi connectivity index (χ1n) is 9.57. The van der Waals surface area contributed by atoms with E-state index in [1.54, 1.807) is 24.3 Å². The Morgan fingerprint density at radius 3 is 2.38 bits per heavy atom. The summed E-state index contributed by atoms with van der Waals surface area (Å²) >= 11 is 0. The number of rotatable bonds is 7. The Morgan fingerprint density at radius 1 is 1.07 bits per heavy atom. The van der Waals surface area contributed by atoms with E-state index in [-0.39, 0.29) is 29.0 Å². The van der Waals surface area contributed by atoms with Gasteiger partial charge in [-0.15, -0.1) is 0 Å². The lowest BCUT2D eigenvalue weighted by molar-refractivity contribution is -0.124. The predicted octanol–water partition coefficient (Wildman–Crippen LogP) is 3.45. The zero-order valence-corrected chi connectivity index (χ0v) is 16.2. The van der Waals surface area contributed by atoms with Gasteiger partial charge in [0.1, 0.15) is 11.3 Å². The molecule has 0 bridgehead atoms. The third-order valence-electron chi connectivity index (χ3n) is 5.10. The van der Waals surface area contributed by atoms with Crippen LogP contribution in [-0.2, 0) is 11.3 Å². The Morgan fingerprint density at radius 2 is 1.76 bits per heavy atom. The second kappa shape index (κ2) is 9.23. The van der Waals surface area contributed by atoms with Crippen molar-refractivity contribution in [1.29, 1.82) is 0 Å². The summed E-state index contributed by atoms with van der Waals surface area (Å²) in [5.74, 6) is -1.02. The van der Waals surface area contributed by atoms with E-state index in [4.69, 9.17) is 9.84 Å². The van der Waals surface area contributed by atoms with Gasteiger partial charge in [-0.3, -0.25) is 9.59 Å². The first kappa shape index (κ1) is 20.4. The number of carbonyl (C=O) groups is 3. The van der Waals surface area contributed by atoms with Crippen LogP contribution < -0.4 is 15.4 Å². The van der Waals surface area contributed by atoms with Gasteiger partial charge in [0.15, 0.2) is 0 Å². The molecule has 2 aromatic rings. The van der Waals surface area contributed by atoms with Crippen LogP contribution in [0, 0.1) is 5.92 Å². The van der Waals surface area contributed by atoms with Crippen molar-refractivity contribution in [3.8, 4) is 5.75 Å². The van der Waals surface area contributed by atoms with Crippen molar-refractivity contribution < 1.29 is 24.2 Å². The second-order valence-electron chi connectivity index (χ2n) is 7.07. The second-order valence-corrected chi connectivity index (χ2v) is 7.07. The maximum atomic E-state index is 12.4. The van der Waals surface area contributed by atoms with Crippen molar-refractivity contribution in [2.24, 2.45) is 5.92 Å². The van der Waals surface area contributed by atoms with Crippen molar-refractivity contribution in [2.75, 3.05) is 12.4 Å². The number of nitrogens with one attached hydrogen (secondary N) is 2. The fourth-order valence-electron chi connectivity index (χ4n) is 3.44. The third kappa shape index (κ3) is 5.13. The molecule has 7 heteroatoms. The molecule has 0 heterocycles. The van der Waals surface area contributed by atoms with Gasteiger partial charge in [0.05, 0.1) is 7.11 Å². The predicted molar refractivity (Wildman–Crippen MR) is 108 cm³/mol. The molecule has 1 aliphatic carbocycles. The maximum Gasteiger partial charge on any atom is 0.339 e. The van der Waals surface area contributed by atoms with Crippen molar-refractivity contribution in [3.63, 3.8) is 0 Å². The number of hydrogen-bond donors (Lipinski definition) is 3. The molecule has 2 amide bonds. The highest BCUT2D eigenvalue weighted by atomic mass is 16.5. The largest absolute Gasteiger partial charge is 0.496 e. The van der Waals surface area contributed by atoms with Crippen LogP contribution in [-0.4, -0.2) is 30.0 Å². The molecule has 29 heavy (non-hydrogen) atoms. The average Bonchev–Trinajstić information content (AvgIpc) is 3.27. The molecule has 7 nitrogen and oxygen atoms in total. The smallest absolute Gasteiger partial charge is 0.339 e. The molecule has 3 N–H and O–H groups in total. The van der Waals surface area contributed by atoms with Gasteiger partial charge < -0.3 is 20.5 Å². The summed E-state index contributed by atoms with van der Waals surface area (Å²) in [6.45, 7) is 0.436. The minimum Gasteiger partial charge on any atom is -0.496 e. The number of ether oxygens (including phenoxy) is 1. The minimum absolute atomic E-state index is 0.0227. The normalized spacial score (nSPS) is 13.7. The standard InChI is InChI=1S/C22H24N2O5/c1-29-19-12-17(10-11-18(19)22(27)28)24-21(26)16-8-6-14(7-9-16)13-23-20(25)15-4-2-3-5-15/h6-12,15H,2-5,13H2,1H3,(H,23,25)(H,24,26)(H,27,28). The first-order chi connectivity index (χ1) is 14.0. The molecular formula is C22H24N2O5. The molecule has 152 valence electrons. The molecule has 1 saturated carbocycles. The summed E-state index contributed by atoms with van der Waals surface area (Å²) in [6.07, 6.45) is 4.16. The number of aromatic carboxylic acids is 1. The summed E-state index contributed by atoms with van der Waals surface area (Å²) in [5.41, 5.74) is 1.83. The highest BCUT2D eigenvalue weighted by Gasteiger charge is 2.22. The number of methoxy groups -OCH3 is 1. The molecule has 0 radical (unpaired) electrons. The van der Waals surface area contributed by atoms with Crippen molar-refractivity contribution in [1.82, 2.24) is 5.32 Å². The molecule has 2 aromatic carbocycles. The molecule has 0 atom stereocenters. The van der Waals surface area contributed by atoms with Gasteiger partial charge in [0.2, 0.25) is 5.91 Å². The SMILES string of the molecule is COc1cc(NC(=O)c2ccc(CNC(=O)C3CCCC3)cc2)ccc1C(=O)O. The van der Waals surface area contributed by atoms with Crippen LogP contribution in [0.15, 0.2) is 42.5 Å². The topological polar surface area (TPSA) is 105 Å². The number of carbonyl (C=O) groups excluding carboxylic acids is 2. The van der Waals surface area contributed by atoms with E-state index in [9.17, 15) is 14.4 Å². The number of hydrogen-bond acceptors (Lipinski definition) is 4. The Hall–Kier alpha value is -3.35. The third-order valence-corrected chi connectivity index (χ3v) is 5.10. The van der Waals surface area contributed by atoms with E-state index in [2.05, 4.69) is 10.6 Å². The lowest BCUT2D eigenvalue weighted by Crippen LogP contribution is -2.28. The highest BCUT2D eigenvalue weighted by Crippen LogP contribution is 2.25. The van der Waals surface area contributed by atoms with Crippen molar-refractivity contribution >= 4 is 23.5 Å². The Kier molecular flexibility index (Phi) is 6.49. The Bertz CT molecular complexity index is 902. The van der Waals surface area contributed by atoms with Crippen LogP contribution in [0.4, 0.5) is 5.69 Å². The summed E-state index contributed by atoms with van der Waals surface area (Å²) in [6, 6.07) is 11.3. The zero-order valence-electron chi connectivity index (χ0n) is 16.2. The molecule has 0 aliphatic heterocycles. The molecule has 0 aromatic heterocycles. The molecule has 3 rings (SSSR count). The average molecular weight is 396 g/mol. The van der Waals surface area contributed by atoms with Gasteiger partial charge in [0, 0.05) is 29.8 Å². The van der Waals surface area contributed by atoms with E-state index in [0.29, 0.717) is 17.8 Å². The number of anilines is 1. The van der Waals surface area contributed by atoms with Crippen LogP contribution in [0.5, 0.6) is 5.75 Å². The van der Waals surface area contributed by atoms with Crippen LogP contribution in [0.3, 0.4) is 0 Å². The number of carboxylic acids is 1. The van der Waals surface area contributed by atoms with Crippen LogP contribution in [0.1, 0.15) is 52.0 Å². The van der Waals surface area contributed by atoms with Crippen LogP contribution in [0.25, 0.3) is 0 Å². The number of amides is 2. The molecule has 0 spiro atoms. The first-order valence-corrected chi connectivity index (χ1v) is 9.57. The van der Waals surface area contributed by atoms with E-state index in [1.807, 2.05) is 0 Å². The van der Waals surface area contributed by atoms with E-state index < -0.39 is 5.97 Å². The monoisotopic (exact) mass is 396 g/mol. The zero-order chi connectivity index (χ0) is 20.8. The fourth-order valence-corrected chi connectivity index (χ4v) is 3.44.